The molecule has 4 aliphatic rings. The van der Waals surface area contributed by atoms with Crippen molar-refractivity contribution in [3.8, 4) is 30.6 Å². The molecule has 0 atom stereocenters. The fourth-order valence-electron chi connectivity index (χ4n) is 12.7. The Morgan fingerprint density at radius 3 is 0.847 bits per heavy atom. The molecule has 12 aromatic rings. The fraction of sp³-hybridized carbons (Fsp3) is 0.0345. The van der Waals surface area contributed by atoms with Crippen molar-refractivity contribution < 1.29 is 38.4 Å². The first kappa shape index (κ1) is 39.6. The Morgan fingerprint density at radius 1 is 0.250 bits per heavy atom. The van der Waals surface area contributed by atoms with Gasteiger partial charge in [-0.3, -0.25) is 59.6 Å². The number of imide groups is 4. The van der Waals surface area contributed by atoms with Gasteiger partial charge in [-0.15, -0.1) is 22.7 Å². The summed E-state index contributed by atoms with van der Waals surface area (Å²) in [6, 6.07) is 29.9. The normalized spacial score (nSPS) is 15.2. The molecule has 4 N–H and O–H groups in total. The van der Waals surface area contributed by atoms with Crippen LogP contribution in [0.25, 0.3) is 117 Å². The summed E-state index contributed by atoms with van der Waals surface area (Å²) in [6.45, 7) is 3.85. The first-order valence-corrected chi connectivity index (χ1v) is 24.6. The number of thiophene rings is 2. The second kappa shape index (κ2) is 12.9. The maximum atomic E-state index is 13.9. The number of carbonyl (C=O) groups is 8. The van der Waals surface area contributed by atoms with Crippen molar-refractivity contribution in [2.75, 3.05) is 0 Å². The van der Waals surface area contributed by atoms with Crippen molar-refractivity contribution in [1.82, 2.24) is 21.3 Å². The zero-order valence-corrected chi connectivity index (χ0v) is 39.0. The van der Waals surface area contributed by atoms with E-state index in [0.29, 0.717) is 66.1 Å². The number of amides is 8. The fourth-order valence-corrected chi connectivity index (χ4v) is 14.8. The third-order valence-electron chi connectivity index (χ3n) is 15.5. The summed E-state index contributed by atoms with van der Waals surface area (Å²) in [7, 11) is 0. The third-order valence-corrected chi connectivity index (χ3v) is 17.9. The highest BCUT2D eigenvalue weighted by molar-refractivity contribution is 7.25. The van der Waals surface area contributed by atoms with E-state index in [0.717, 1.165) is 106 Å². The highest BCUT2D eigenvalue weighted by atomic mass is 32.1. The number of hydrogen-bond acceptors (Lipinski definition) is 10. The monoisotopic (exact) mass is 970 g/mol. The number of hydrogen-bond donors (Lipinski definition) is 4. The number of aryl methyl sites for hydroxylation is 2. The minimum atomic E-state index is -0.508. The van der Waals surface area contributed by atoms with E-state index < -0.39 is 47.3 Å². The van der Waals surface area contributed by atoms with Gasteiger partial charge in [0.15, 0.2) is 0 Å². The lowest BCUT2D eigenvalue weighted by atomic mass is 9.80. The summed E-state index contributed by atoms with van der Waals surface area (Å²) >= 11 is 3.05. The van der Waals surface area contributed by atoms with E-state index in [9.17, 15) is 38.4 Å². The van der Waals surface area contributed by atoms with Crippen molar-refractivity contribution in [3.05, 3.63) is 153 Å². The minimum absolute atomic E-state index is 0.360. The third kappa shape index (κ3) is 4.62. The number of nitrogens with one attached hydrogen (secondary N) is 4. The SMILES string of the molecule is Cc1cc2c3c(ccc4c5c(-c6ccc(-c7ccc(-c8cc9c%10c(ccc%11c%12c(C)cc%13c%14c(ccc(c8c%10%11)c%14%12)C(=O)NC%13=O)C(=O)NC9=O)s7)s6)cc6c7c(ccc(c1c34)c75)C(=O)NC6=O)C(=O)NC2=O. The molecule has 0 bridgehead atoms. The van der Waals surface area contributed by atoms with Crippen LogP contribution in [0.4, 0.5) is 0 Å². The van der Waals surface area contributed by atoms with Gasteiger partial charge in [-0.05, 0) is 162 Å². The van der Waals surface area contributed by atoms with Crippen molar-refractivity contribution in [2.45, 2.75) is 13.8 Å². The molecule has 16 rings (SSSR count). The molecule has 0 fully saturated rings. The Morgan fingerprint density at radius 2 is 0.514 bits per heavy atom. The molecule has 0 saturated heterocycles. The highest BCUT2D eigenvalue weighted by Gasteiger charge is 2.36. The molecule has 14 heteroatoms. The van der Waals surface area contributed by atoms with Gasteiger partial charge in [0.05, 0.1) is 0 Å². The second-order valence-electron chi connectivity index (χ2n) is 19.0. The lowest BCUT2D eigenvalue weighted by Crippen LogP contribution is -2.35. The summed E-state index contributed by atoms with van der Waals surface area (Å²) in [5, 5.41) is 21.6. The lowest BCUT2D eigenvalue weighted by molar-refractivity contribution is 0.0828. The average molecular weight is 971 g/mol. The molecule has 12 nitrogen and oxygen atoms in total. The molecule has 0 saturated carbocycles. The predicted molar refractivity (Wildman–Crippen MR) is 278 cm³/mol. The molecular formula is C58H26N4O8S2. The average Bonchev–Trinajstić information content (AvgIpc) is 4.07. The summed E-state index contributed by atoms with van der Waals surface area (Å²) in [4.78, 5) is 112. The molecule has 72 heavy (non-hydrogen) atoms. The van der Waals surface area contributed by atoms with Crippen molar-refractivity contribution in [2.24, 2.45) is 0 Å². The van der Waals surface area contributed by atoms with Crippen LogP contribution in [0, 0.1) is 13.8 Å². The standard InChI is InChI=1S/C58H26N4O8S2/c1-19-15-31-43-25(51(63)59-55(31)67)9-5-23-41-29(17-33-45-27(53(65)61-57(33)69)7-3-21(49(41)45)39(19)47(23)43)35-11-13-37(71-35)38-14-12-36(72-38)30-18-34-46-28(54(66)62-58(34)70)8-4-22-40-20(2)16-32-44-26(52(64)60-56(32)68)10-6-24(48(40)44)42(30)50(22)46/h3-18H,1-2H3,(H,59,63,67)(H,60,64,68)(H,61,65,69)(H,62,66,70). The number of carbonyl (C=O) groups excluding carboxylic acids is 8. The Hall–Kier alpha value is -9.24. The van der Waals surface area contributed by atoms with E-state index in [1.807, 2.05) is 74.5 Å². The Bertz CT molecular complexity index is 4580. The number of benzene rings is 10. The molecule has 0 aliphatic carbocycles. The maximum Gasteiger partial charge on any atom is 0.258 e. The molecule has 2 aromatic heterocycles. The minimum Gasteiger partial charge on any atom is -0.288 e. The van der Waals surface area contributed by atoms with Gasteiger partial charge >= 0.3 is 0 Å². The van der Waals surface area contributed by atoms with E-state index in [1.165, 1.54) is 22.7 Å². The highest BCUT2D eigenvalue weighted by Crippen LogP contribution is 2.54. The summed E-state index contributed by atoms with van der Waals surface area (Å²) in [6.07, 6.45) is 0. The van der Waals surface area contributed by atoms with Crippen LogP contribution in [0.3, 0.4) is 0 Å². The maximum absolute atomic E-state index is 13.9. The Balaban J connectivity index is 0.947. The van der Waals surface area contributed by atoms with Crippen LogP contribution in [0.15, 0.2) is 97.1 Å². The molecule has 0 radical (unpaired) electrons. The summed E-state index contributed by atoms with van der Waals surface area (Å²) in [5.74, 6) is -3.90. The van der Waals surface area contributed by atoms with E-state index in [2.05, 4.69) is 21.3 Å². The second-order valence-corrected chi connectivity index (χ2v) is 21.2. The van der Waals surface area contributed by atoms with E-state index in [-0.39, 0.29) is 0 Å². The van der Waals surface area contributed by atoms with Gasteiger partial charge in [0.25, 0.3) is 47.3 Å². The molecule has 0 spiro atoms. The van der Waals surface area contributed by atoms with Crippen LogP contribution in [-0.4, -0.2) is 47.3 Å². The van der Waals surface area contributed by atoms with Gasteiger partial charge in [0.2, 0.25) is 0 Å². The Kier molecular flexibility index (Phi) is 7.11. The Labute approximate surface area is 410 Å². The zero-order chi connectivity index (χ0) is 48.7. The predicted octanol–water partition coefficient (Wildman–Crippen LogP) is 11.1. The molecule has 6 heterocycles. The van der Waals surface area contributed by atoms with Crippen LogP contribution in [-0.2, 0) is 0 Å². The molecule has 10 aromatic carbocycles. The lowest BCUT2D eigenvalue weighted by Gasteiger charge is -2.26. The topological polar surface area (TPSA) is 185 Å². The van der Waals surface area contributed by atoms with Crippen molar-refractivity contribution in [3.63, 3.8) is 0 Å². The van der Waals surface area contributed by atoms with Gasteiger partial charge < -0.3 is 0 Å². The van der Waals surface area contributed by atoms with Crippen LogP contribution < -0.4 is 21.3 Å². The van der Waals surface area contributed by atoms with Gasteiger partial charge in [-0.1, -0.05) is 24.3 Å². The molecule has 4 aliphatic heterocycles. The van der Waals surface area contributed by atoms with Gasteiger partial charge in [0.1, 0.15) is 0 Å². The smallest absolute Gasteiger partial charge is 0.258 e. The van der Waals surface area contributed by atoms with Gasteiger partial charge in [-0.25, -0.2) is 0 Å². The summed E-state index contributed by atoms with van der Waals surface area (Å²) < 4.78 is 0. The molecule has 0 unspecified atom stereocenters. The van der Waals surface area contributed by atoms with E-state index in [1.54, 1.807) is 36.4 Å². The summed E-state index contributed by atoms with van der Waals surface area (Å²) in [5.41, 5.74) is 6.16. The van der Waals surface area contributed by atoms with Crippen LogP contribution >= 0.6 is 22.7 Å². The van der Waals surface area contributed by atoms with Crippen molar-refractivity contribution in [1.29, 1.82) is 0 Å². The largest absolute Gasteiger partial charge is 0.288 e. The van der Waals surface area contributed by atoms with Crippen LogP contribution in [0.5, 0.6) is 0 Å². The quantitative estimate of drug-likeness (QED) is 0.0765. The number of rotatable bonds is 3. The van der Waals surface area contributed by atoms with Crippen LogP contribution in [0.2, 0.25) is 0 Å². The molecular weight excluding hydrogens is 945 g/mol. The van der Waals surface area contributed by atoms with E-state index in [4.69, 9.17) is 0 Å². The zero-order valence-electron chi connectivity index (χ0n) is 37.3. The van der Waals surface area contributed by atoms with Gasteiger partial charge in [-0.2, -0.15) is 0 Å². The van der Waals surface area contributed by atoms with Crippen LogP contribution in [0.1, 0.15) is 94.0 Å². The first-order chi connectivity index (χ1) is 34.8. The van der Waals surface area contributed by atoms with Gasteiger partial charge in [0, 0.05) is 96.7 Å². The molecule has 8 amide bonds. The van der Waals surface area contributed by atoms with E-state index >= 15 is 0 Å². The molecule has 338 valence electrons. The first-order valence-electron chi connectivity index (χ1n) is 23.0. The number of fused-ring (bicyclic) bond motifs is 4. The van der Waals surface area contributed by atoms with Crippen molar-refractivity contribution >= 4 is 156 Å².